The van der Waals surface area contributed by atoms with Gasteiger partial charge in [0.25, 0.3) is 0 Å². The van der Waals surface area contributed by atoms with E-state index in [-0.39, 0.29) is 6.61 Å². The first-order valence-electron chi connectivity index (χ1n) is 9.23. The van der Waals surface area contributed by atoms with Gasteiger partial charge in [0.2, 0.25) is 0 Å². The number of hydrogen-bond donors (Lipinski definition) is 4. The normalized spacial score (nSPS) is 17.5. The topological polar surface area (TPSA) is 107 Å². The Kier molecular flexibility index (Phi) is 13.0. The highest BCUT2D eigenvalue weighted by Crippen LogP contribution is 2.32. The van der Waals surface area contributed by atoms with Crippen molar-refractivity contribution in [2.24, 2.45) is 5.92 Å². The van der Waals surface area contributed by atoms with Crippen LogP contribution in [-0.4, -0.2) is 63.8 Å². The van der Waals surface area contributed by atoms with Gasteiger partial charge >= 0.3 is 0 Å². The number of hydrogen-bond acceptors (Lipinski definition) is 6. The molecule has 0 bridgehead atoms. The maximum atomic E-state index is 11.6. The van der Waals surface area contributed by atoms with Crippen LogP contribution < -0.4 is 0 Å². The average Bonchev–Trinajstić information content (AvgIpc) is 2.62. The van der Waals surface area contributed by atoms with Crippen LogP contribution in [0.2, 0.25) is 0 Å². The number of Topliss-reactive ketones (excluding diaryl/α,β-unsaturated/α-hetero) is 1. The smallest absolute Gasteiger partial charge is 0.163 e. The first kappa shape index (κ1) is 24.2. The number of aliphatic hydroxyl groups is 4. The summed E-state index contributed by atoms with van der Waals surface area (Å²) in [6.07, 6.45) is 5.05. The van der Waals surface area contributed by atoms with Crippen LogP contribution in [0.25, 0.3) is 0 Å². The second kappa shape index (κ2) is 13.4. The van der Waals surface area contributed by atoms with Gasteiger partial charge in [-0.1, -0.05) is 32.8 Å². The summed E-state index contributed by atoms with van der Waals surface area (Å²) in [5.41, 5.74) is -0.652. The third-order valence-electron chi connectivity index (χ3n) is 4.70. The van der Waals surface area contributed by atoms with Crippen molar-refractivity contribution in [3.8, 4) is 0 Å². The molecule has 0 aliphatic heterocycles. The molecule has 0 aromatic carbocycles. The van der Waals surface area contributed by atoms with Crippen molar-refractivity contribution in [3.05, 3.63) is 12.7 Å². The van der Waals surface area contributed by atoms with Crippen molar-refractivity contribution in [1.29, 1.82) is 0 Å². The molecular formula is C19H36O6. The molecule has 6 nitrogen and oxygen atoms in total. The molecule has 148 valence electrons. The van der Waals surface area contributed by atoms with Gasteiger partial charge in [0.15, 0.2) is 5.78 Å². The molecule has 0 aromatic heterocycles. The van der Waals surface area contributed by atoms with E-state index in [0.29, 0.717) is 19.3 Å². The molecule has 0 saturated heterocycles. The van der Waals surface area contributed by atoms with Gasteiger partial charge in [0.05, 0.1) is 18.3 Å². The Morgan fingerprint density at radius 3 is 2.36 bits per heavy atom. The van der Waals surface area contributed by atoms with Crippen LogP contribution in [-0.2, 0) is 9.53 Å². The number of carbonyl (C=O) groups is 1. The number of allylic oxidation sites excluding steroid dienone is 1. The maximum Gasteiger partial charge on any atom is 0.163 e. The highest BCUT2D eigenvalue weighted by molar-refractivity contribution is 5.82. The summed E-state index contributed by atoms with van der Waals surface area (Å²) < 4.78 is 6.11. The first-order valence-corrected chi connectivity index (χ1v) is 9.23. The molecule has 0 aromatic rings. The van der Waals surface area contributed by atoms with E-state index < -0.39 is 42.7 Å². The lowest BCUT2D eigenvalue weighted by Gasteiger charge is -2.39. The van der Waals surface area contributed by atoms with Crippen LogP contribution in [0.15, 0.2) is 12.7 Å². The van der Waals surface area contributed by atoms with E-state index in [1.54, 1.807) is 0 Å². The van der Waals surface area contributed by atoms with Crippen molar-refractivity contribution < 1.29 is 30.0 Å². The molecular weight excluding hydrogens is 324 g/mol. The molecule has 0 spiro atoms. The average molecular weight is 360 g/mol. The second-order valence-electron chi connectivity index (χ2n) is 6.68. The zero-order valence-electron chi connectivity index (χ0n) is 15.7. The number of aliphatic hydroxyl groups excluding tert-OH is 4. The molecule has 0 saturated carbocycles. The number of ether oxygens (including phenoxy) is 1. The van der Waals surface area contributed by atoms with Crippen molar-refractivity contribution in [2.75, 3.05) is 19.8 Å². The molecule has 25 heavy (non-hydrogen) atoms. The van der Waals surface area contributed by atoms with Gasteiger partial charge in [0.1, 0.15) is 12.7 Å². The highest BCUT2D eigenvalue weighted by Gasteiger charge is 2.37. The molecule has 0 rings (SSSR count). The fourth-order valence-corrected chi connectivity index (χ4v) is 3.14. The monoisotopic (exact) mass is 360 g/mol. The van der Waals surface area contributed by atoms with E-state index in [2.05, 4.69) is 6.58 Å². The van der Waals surface area contributed by atoms with E-state index >= 15 is 0 Å². The van der Waals surface area contributed by atoms with Gasteiger partial charge in [-0.15, -0.1) is 6.58 Å². The third kappa shape index (κ3) is 8.42. The summed E-state index contributed by atoms with van der Waals surface area (Å²) in [4.78, 5) is 11.6. The molecule has 0 amide bonds. The predicted molar refractivity (Wildman–Crippen MR) is 97.2 cm³/mol. The highest BCUT2D eigenvalue weighted by atomic mass is 16.5. The predicted octanol–water partition coefficient (Wildman–Crippen LogP) is 1.59. The van der Waals surface area contributed by atoms with Crippen LogP contribution in [0.1, 0.15) is 58.8 Å². The van der Waals surface area contributed by atoms with Crippen molar-refractivity contribution >= 4 is 5.78 Å². The first-order chi connectivity index (χ1) is 11.9. The molecule has 0 radical (unpaired) electrons. The van der Waals surface area contributed by atoms with Gasteiger partial charge in [-0.2, -0.15) is 0 Å². The Labute approximate surface area is 151 Å². The van der Waals surface area contributed by atoms with E-state index in [4.69, 9.17) is 9.84 Å². The summed E-state index contributed by atoms with van der Waals surface area (Å²) >= 11 is 0. The Bertz CT molecular complexity index is 365. The minimum absolute atomic E-state index is 0.0547. The molecule has 1 unspecified atom stereocenters. The largest absolute Gasteiger partial charge is 0.396 e. The Hall–Kier alpha value is -0.790. The van der Waals surface area contributed by atoms with E-state index in [1.807, 2.05) is 13.0 Å². The fraction of sp³-hybridized carbons (Fsp3) is 0.842. The molecule has 4 atom stereocenters. The zero-order chi connectivity index (χ0) is 19.3. The molecule has 0 heterocycles. The summed E-state index contributed by atoms with van der Waals surface area (Å²) in [7, 11) is 0. The van der Waals surface area contributed by atoms with Crippen LogP contribution in [0.3, 0.4) is 0 Å². The number of rotatable bonds is 16. The third-order valence-corrected chi connectivity index (χ3v) is 4.70. The summed E-state index contributed by atoms with van der Waals surface area (Å²) in [6.45, 7) is 6.08. The number of unbranched alkanes of at least 4 members (excludes halogenated alkanes) is 2. The molecule has 0 fully saturated rings. The molecule has 4 N–H and O–H groups in total. The summed E-state index contributed by atoms with van der Waals surface area (Å²) in [6, 6.07) is 0. The van der Waals surface area contributed by atoms with Crippen LogP contribution in [0, 0.1) is 5.92 Å². The molecule has 6 heteroatoms. The van der Waals surface area contributed by atoms with Crippen molar-refractivity contribution in [1.82, 2.24) is 0 Å². The van der Waals surface area contributed by atoms with Gasteiger partial charge in [-0.3, -0.25) is 4.79 Å². The Balaban J connectivity index is 5.18. The van der Waals surface area contributed by atoms with Crippen molar-refractivity contribution in [2.45, 2.75) is 76.6 Å². The zero-order valence-corrected chi connectivity index (χ0v) is 15.7. The maximum absolute atomic E-state index is 11.6. The number of carbonyl (C=O) groups excluding carboxylic acids is 1. The molecule has 0 aliphatic rings. The van der Waals surface area contributed by atoms with E-state index in [1.165, 1.54) is 6.92 Å². The standard InChI is InChI=1S/C19H36O6/c1-4-6-7-8-10-19(9-5-2,11-12-20)25-17(14-22)18(24)15(3)16(23)13-21/h4,15,17-18,20-22,24H,1,5-14H2,2-3H3/t15-,17-,18+,19?/m1/s1. The summed E-state index contributed by atoms with van der Waals surface area (Å²) in [5, 5.41) is 38.5. The van der Waals surface area contributed by atoms with Gasteiger partial charge in [-0.05, 0) is 32.1 Å². The summed E-state index contributed by atoms with van der Waals surface area (Å²) in [5.74, 6) is -1.33. The van der Waals surface area contributed by atoms with Crippen molar-refractivity contribution in [3.63, 3.8) is 0 Å². The lowest BCUT2D eigenvalue weighted by Crippen LogP contribution is -2.47. The fourth-order valence-electron chi connectivity index (χ4n) is 3.14. The van der Waals surface area contributed by atoms with Crippen LogP contribution in [0.4, 0.5) is 0 Å². The SMILES string of the molecule is C=CCCCCC(CCC)(CCO)O[C@H](CO)[C@@H](O)[C@H](C)C(=O)CO. The van der Waals surface area contributed by atoms with Crippen LogP contribution >= 0.6 is 0 Å². The minimum atomic E-state index is -1.22. The van der Waals surface area contributed by atoms with Crippen LogP contribution in [0.5, 0.6) is 0 Å². The quantitative estimate of drug-likeness (QED) is 0.246. The van der Waals surface area contributed by atoms with E-state index in [9.17, 15) is 20.1 Å². The van der Waals surface area contributed by atoms with Gasteiger partial charge in [0, 0.05) is 12.5 Å². The Morgan fingerprint density at radius 1 is 1.20 bits per heavy atom. The lowest BCUT2D eigenvalue weighted by molar-refractivity contribution is -0.175. The molecule has 0 aliphatic carbocycles. The van der Waals surface area contributed by atoms with Gasteiger partial charge < -0.3 is 25.2 Å². The van der Waals surface area contributed by atoms with Gasteiger partial charge in [-0.25, -0.2) is 0 Å². The second-order valence-corrected chi connectivity index (χ2v) is 6.68. The number of ketones is 1. The minimum Gasteiger partial charge on any atom is -0.396 e. The van der Waals surface area contributed by atoms with E-state index in [0.717, 1.165) is 25.7 Å². The lowest BCUT2D eigenvalue weighted by atomic mass is 9.87. The Morgan fingerprint density at radius 2 is 1.88 bits per heavy atom.